The van der Waals surface area contributed by atoms with Crippen LogP contribution in [0.25, 0.3) is 21.9 Å². The van der Waals surface area contributed by atoms with Crippen molar-refractivity contribution in [1.82, 2.24) is 35.1 Å². The van der Waals surface area contributed by atoms with E-state index in [4.69, 9.17) is 9.72 Å². The lowest BCUT2D eigenvalue weighted by molar-refractivity contribution is -0.146. The highest BCUT2D eigenvalue weighted by molar-refractivity contribution is 7.17. The molecule has 2 saturated carbocycles. The highest BCUT2D eigenvalue weighted by atomic mass is 32.1. The number of rotatable bonds is 7. The zero-order valence-electron chi connectivity index (χ0n) is 26.3. The SMILES string of the molecule is Cn1ccnc1-c1nc(O[C@@H]2C[C@H]3C(=O)N[C@]4(C(=O)O)C[C@H]4/C=C/CCCCC[C@H](NC(=O)CC4CC4)C(=O)N3C2)c2sccc2n1. The van der Waals surface area contributed by atoms with Crippen LogP contribution in [0.1, 0.15) is 64.2 Å². The second-order valence-electron chi connectivity index (χ2n) is 13.2. The minimum Gasteiger partial charge on any atom is -0.479 e. The number of ether oxygens (including phenoxy) is 1. The average Bonchev–Trinajstić information content (AvgIpc) is 3.76. The number of allylic oxidation sites excluding steroid dienone is 1. The molecule has 0 bridgehead atoms. The van der Waals surface area contributed by atoms with Crippen LogP contribution >= 0.6 is 11.3 Å². The molecular weight excluding hydrogens is 622 g/mol. The van der Waals surface area contributed by atoms with Crippen molar-refractivity contribution in [3.05, 3.63) is 36.0 Å². The molecule has 5 heterocycles. The van der Waals surface area contributed by atoms with Gasteiger partial charge in [-0.3, -0.25) is 14.4 Å². The summed E-state index contributed by atoms with van der Waals surface area (Å²) in [7, 11) is 1.85. The summed E-state index contributed by atoms with van der Waals surface area (Å²) in [6.45, 7) is 0.0733. The zero-order chi connectivity index (χ0) is 32.7. The number of carbonyl (C=O) groups excluding carboxylic acids is 3. The summed E-state index contributed by atoms with van der Waals surface area (Å²) in [6, 6.07) is 0.0878. The number of nitrogens with zero attached hydrogens (tertiary/aromatic N) is 5. The molecule has 3 N–H and O–H groups in total. The number of aliphatic carboxylic acids is 1. The fourth-order valence-corrected chi connectivity index (χ4v) is 7.50. The first-order valence-corrected chi connectivity index (χ1v) is 17.3. The molecule has 1 saturated heterocycles. The van der Waals surface area contributed by atoms with E-state index in [2.05, 4.69) is 20.6 Å². The van der Waals surface area contributed by atoms with E-state index < -0.39 is 35.6 Å². The molecule has 0 spiro atoms. The van der Waals surface area contributed by atoms with E-state index in [-0.39, 0.29) is 37.1 Å². The van der Waals surface area contributed by atoms with Gasteiger partial charge in [0.2, 0.25) is 23.6 Å². The maximum absolute atomic E-state index is 14.3. The maximum Gasteiger partial charge on any atom is 0.330 e. The Morgan fingerprint density at radius 3 is 2.81 bits per heavy atom. The van der Waals surface area contributed by atoms with Crippen LogP contribution in [0.3, 0.4) is 0 Å². The standard InChI is InChI=1S/C33H39N7O6S/c1-39-13-12-34-28(39)27-36-22-11-14-47-26(22)30(37-27)46-21-16-24-29(42)38-33(32(44)45)17-20(33)7-5-3-2-4-6-8-23(31(43)40(24)18-21)35-25(41)15-19-9-10-19/h5,7,11-14,19-21,23-24H,2-4,6,8-10,15-18H2,1H3,(H,35,41)(H,38,42)(H,44,45)/b7-5+/t20-,21-,23+,24+,33-/m1/s1. The van der Waals surface area contributed by atoms with Gasteiger partial charge in [0.05, 0.1) is 12.1 Å². The Morgan fingerprint density at radius 2 is 2.04 bits per heavy atom. The minimum absolute atomic E-state index is 0.0733. The van der Waals surface area contributed by atoms with Gasteiger partial charge in [0, 0.05) is 38.2 Å². The monoisotopic (exact) mass is 661 g/mol. The van der Waals surface area contributed by atoms with Gasteiger partial charge in [0.15, 0.2) is 11.6 Å². The number of aryl methyl sites for hydroxylation is 1. The van der Waals surface area contributed by atoms with E-state index in [0.717, 1.165) is 43.2 Å². The number of hydrogen-bond acceptors (Lipinski definition) is 9. The lowest BCUT2D eigenvalue weighted by Crippen LogP contribution is -2.56. The zero-order valence-corrected chi connectivity index (χ0v) is 27.1. The van der Waals surface area contributed by atoms with E-state index in [1.54, 1.807) is 12.4 Å². The summed E-state index contributed by atoms with van der Waals surface area (Å²) in [5, 5.41) is 17.8. The Kier molecular flexibility index (Phi) is 8.45. The molecule has 47 heavy (non-hydrogen) atoms. The molecule has 7 rings (SSSR count). The average molecular weight is 662 g/mol. The van der Waals surface area contributed by atoms with Crippen LogP contribution in [0.5, 0.6) is 5.88 Å². The van der Waals surface area contributed by atoms with E-state index in [1.807, 2.05) is 35.2 Å². The topological polar surface area (TPSA) is 169 Å². The fraction of sp³-hybridized carbons (Fsp3) is 0.545. The van der Waals surface area contributed by atoms with Crippen molar-refractivity contribution in [3.8, 4) is 17.5 Å². The molecule has 0 unspecified atom stereocenters. The number of hydrogen-bond donors (Lipinski definition) is 3. The Morgan fingerprint density at radius 1 is 1.19 bits per heavy atom. The second kappa shape index (κ2) is 12.7. The third-order valence-corrected chi connectivity index (χ3v) is 10.6. The summed E-state index contributed by atoms with van der Waals surface area (Å²) in [4.78, 5) is 68.8. The third kappa shape index (κ3) is 6.47. The van der Waals surface area contributed by atoms with Crippen molar-refractivity contribution in [3.63, 3.8) is 0 Å². The van der Waals surface area contributed by atoms with Crippen LogP contribution in [-0.2, 0) is 26.2 Å². The number of aromatic nitrogens is 4. The summed E-state index contributed by atoms with van der Waals surface area (Å²) in [6.07, 6.45) is 13.2. The lowest BCUT2D eigenvalue weighted by atomic mass is 10.0. The molecule has 5 atom stereocenters. The van der Waals surface area contributed by atoms with Gasteiger partial charge in [-0.1, -0.05) is 25.0 Å². The first-order valence-electron chi connectivity index (χ1n) is 16.4. The number of carboxylic acid groups (broad SMARTS) is 1. The van der Waals surface area contributed by atoms with Gasteiger partial charge in [-0.2, -0.15) is 4.98 Å². The van der Waals surface area contributed by atoms with Gasteiger partial charge >= 0.3 is 5.97 Å². The molecule has 2 aliphatic carbocycles. The van der Waals surface area contributed by atoms with Crippen LogP contribution in [0.2, 0.25) is 0 Å². The molecule has 4 aliphatic rings. The molecule has 248 valence electrons. The Balaban J connectivity index is 1.19. The molecule has 3 fully saturated rings. The number of fused-ring (bicyclic) bond motifs is 3. The highest BCUT2D eigenvalue weighted by Crippen LogP contribution is 2.45. The summed E-state index contributed by atoms with van der Waals surface area (Å²) >= 11 is 1.43. The van der Waals surface area contributed by atoms with Crippen LogP contribution in [-0.4, -0.2) is 83.5 Å². The van der Waals surface area contributed by atoms with Crippen LogP contribution in [0.15, 0.2) is 36.0 Å². The van der Waals surface area contributed by atoms with Gasteiger partial charge in [-0.15, -0.1) is 11.3 Å². The minimum atomic E-state index is -1.41. The number of thiophene rings is 1. The molecule has 0 aromatic carbocycles. The van der Waals surface area contributed by atoms with Crippen molar-refractivity contribution in [1.29, 1.82) is 0 Å². The number of amides is 3. The number of nitrogens with one attached hydrogen (secondary N) is 2. The van der Waals surface area contributed by atoms with Crippen LogP contribution in [0.4, 0.5) is 0 Å². The predicted octanol–water partition coefficient (Wildman–Crippen LogP) is 3.20. The first kappa shape index (κ1) is 31.3. The molecule has 14 heteroatoms. The fourth-order valence-electron chi connectivity index (χ4n) is 6.74. The first-order chi connectivity index (χ1) is 22.7. The highest BCUT2D eigenvalue weighted by Gasteiger charge is 2.61. The quantitative estimate of drug-likeness (QED) is 0.322. The van der Waals surface area contributed by atoms with E-state index in [0.29, 0.717) is 41.8 Å². The van der Waals surface area contributed by atoms with E-state index in [1.165, 1.54) is 16.2 Å². The number of imidazole rings is 1. The van der Waals surface area contributed by atoms with Crippen molar-refractivity contribution in [2.24, 2.45) is 18.9 Å². The smallest absolute Gasteiger partial charge is 0.330 e. The summed E-state index contributed by atoms with van der Waals surface area (Å²) in [5.74, 6) is -0.844. The summed E-state index contributed by atoms with van der Waals surface area (Å²) in [5.41, 5.74) is -0.721. The van der Waals surface area contributed by atoms with Gasteiger partial charge < -0.3 is 29.9 Å². The Labute approximate surface area is 275 Å². The van der Waals surface area contributed by atoms with E-state index >= 15 is 0 Å². The number of carboxylic acids is 1. The molecule has 13 nitrogen and oxygen atoms in total. The predicted molar refractivity (Wildman–Crippen MR) is 172 cm³/mol. The molecule has 2 aliphatic heterocycles. The van der Waals surface area contributed by atoms with Gasteiger partial charge in [0.25, 0.3) is 0 Å². The van der Waals surface area contributed by atoms with Crippen LogP contribution in [0, 0.1) is 11.8 Å². The Hall–Kier alpha value is -4.33. The molecule has 0 radical (unpaired) electrons. The van der Waals surface area contributed by atoms with Crippen molar-refractivity contribution in [2.45, 2.75) is 87.9 Å². The van der Waals surface area contributed by atoms with Gasteiger partial charge in [0.1, 0.15) is 28.4 Å². The normalized spacial score (nSPS) is 28.8. The van der Waals surface area contributed by atoms with E-state index in [9.17, 15) is 24.3 Å². The van der Waals surface area contributed by atoms with Crippen molar-refractivity contribution >= 4 is 45.2 Å². The van der Waals surface area contributed by atoms with Gasteiger partial charge in [-0.05, 0) is 55.9 Å². The largest absolute Gasteiger partial charge is 0.479 e. The molecule has 3 aromatic heterocycles. The summed E-state index contributed by atoms with van der Waals surface area (Å²) < 4.78 is 9.02. The second-order valence-corrected chi connectivity index (χ2v) is 14.2. The van der Waals surface area contributed by atoms with Crippen molar-refractivity contribution < 1.29 is 29.0 Å². The number of carbonyl (C=O) groups is 4. The third-order valence-electron chi connectivity index (χ3n) is 9.70. The van der Waals surface area contributed by atoms with Gasteiger partial charge in [-0.25, -0.2) is 14.8 Å². The Bertz CT molecular complexity index is 1730. The molecule has 3 amide bonds. The lowest BCUT2D eigenvalue weighted by Gasteiger charge is -2.29. The maximum atomic E-state index is 14.3. The van der Waals surface area contributed by atoms with Crippen molar-refractivity contribution in [2.75, 3.05) is 6.54 Å². The molecular formula is C33H39N7O6S. The molecule has 3 aromatic rings. The van der Waals surface area contributed by atoms with Crippen LogP contribution < -0.4 is 15.4 Å².